The fourth-order valence-corrected chi connectivity index (χ4v) is 2.83. The number of pyridine rings is 1. The van der Waals surface area contributed by atoms with Crippen molar-refractivity contribution in [3.05, 3.63) is 53.3 Å². The molecule has 3 rings (SSSR count). The van der Waals surface area contributed by atoms with Crippen LogP contribution in [0, 0.1) is 12.7 Å². The molecular formula is C15H12FN3S. The van der Waals surface area contributed by atoms with Crippen LogP contribution < -0.4 is 5.73 Å². The molecular weight excluding hydrogens is 273 g/mol. The monoisotopic (exact) mass is 285 g/mol. The summed E-state index contributed by atoms with van der Waals surface area (Å²) in [5.74, 6) is -0.347. The van der Waals surface area contributed by atoms with Crippen molar-refractivity contribution in [1.29, 1.82) is 0 Å². The van der Waals surface area contributed by atoms with Gasteiger partial charge >= 0.3 is 0 Å². The maximum Gasteiger partial charge on any atom is 0.141 e. The number of benzene rings is 1. The first kappa shape index (κ1) is 12.7. The van der Waals surface area contributed by atoms with E-state index < -0.39 is 0 Å². The average molecular weight is 285 g/mol. The number of aromatic nitrogens is 2. The van der Waals surface area contributed by atoms with Gasteiger partial charge in [-0.25, -0.2) is 9.37 Å². The largest absolute Gasteiger partial charge is 0.399 e. The molecule has 0 aliphatic heterocycles. The van der Waals surface area contributed by atoms with E-state index in [1.54, 1.807) is 17.4 Å². The fourth-order valence-electron chi connectivity index (χ4n) is 1.90. The fraction of sp³-hybridized carbons (Fsp3) is 0.0667. The van der Waals surface area contributed by atoms with Gasteiger partial charge in [0.15, 0.2) is 0 Å². The molecule has 0 bridgehead atoms. The summed E-state index contributed by atoms with van der Waals surface area (Å²) >= 11 is 1.59. The normalized spacial score (nSPS) is 10.7. The van der Waals surface area contributed by atoms with Gasteiger partial charge in [0.25, 0.3) is 0 Å². The highest BCUT2D eigenvalue weighted by molar-refractivity contribution is 7.15. The number of hydrogen-bond acceptors (Lipinski definition) is 4. The number of thiazole rings is 1. The van der Waals surface area contributed by atoms with Crippen molar-refractivity contribution in [2.24, 2.45) is 0 Å². The van der Waals surface area contributed by atoms with Gasteiger partial charge in [0.05, 0.1) is 11.9 Å². The molecule has 0 saturated carbocycles. The summed E-state index contributed by atoms with van der Waals surface area (Å²) in [6.45, 7) is 1.98. The zero-order chi connectivity index (χ0) is 14.1. The maximum atomic E-state index is 12.9. The van der Waals surface area contributed by atoms with Crippen LogP contribution in [0.2, 0.25) is 0 Å². The van der Waals surface area contributed by atoms with Crippen molar-refractivity contribution in [2.45, 2.75) is 6.92 Å². The summed E-state index contributed by atoms with van der Waals surface area (Å²) in [7, 11) is 0. The molecule has 0 aliphatic rings. The molecule has 2 N–H and O–H groups in total. The van der Waals surface area contributed by atoms with E-state index in [9.17, 15) is 4.39 Å². The molecule has 0 amide bonds. The lowest BCUT2D eigenvalue weighted by molar-refractivity contribution is 0.622. The van der Waals surface area contributed by atoms with E-state index in [0.29, 0.717) is 5.69 Å². The van der Waals surface area contributed by atoms with Crippen molar-refractivity contribution >= 4 is 17.0 Å². The Balaban J connectivity index is 2.02. The molecule has 0 radical (unpaired) electrons. The van der Waals surface area contributed by atoms with Gasteiger partial charge < -0.3 is 5.73 Å². The van der Waals surface area contributed by atoms with Crippen LogP contribution in [0.15, 0.2) is 42.6 Å². The number of halogens is 1. The summed E-state index contributed by atoms with van der Waals surface area (Å²) in [6, 6.07) is 10.6. The predicted molar refractivity (Wildman–Crippen MR) is 79.9 cm³/mol. The Morgan fingerprint density at radius 1 is 1.10 bits per heavy atom. The third-order valence-corrected chi connectivity index (χ3v) is 3.94. The number of nitrogens with two attached hydrogens (primary N) is 1. The minimum absolute atomic E-state index is 0.347. The van der Waals surface area contributed by atoms with E-state index in [1.807, 2.05) is 31.2 Å². The third kappa shape index (κ3) is 2.40. The van der Waals surface area contributed by atoms with Crippen molar-refractivity contribution < 1.29 is 4.39 Å². The van der Waals surface area contributed by atoms with Gasteiger partial charge in [-0.3, -0.25) is 4.98 Å². The summed E-state index contributed by atoms with van der Waals surface area (Å²) in [5, 5.41) is 0.906. The predicted octanol–water partition coefficient (Wildman–Crippen LogP) is 3.90. The number of anilines is 1. The molecule has 2 aromatic heterocycles. The zero-order valence-corrected chi connectivity index (χ0v) is 11.6. The summed E-state index contributed by atoms with van der Waals surface area (Å²) < 4.78 is 12.9. The molecule has 3 nitrogen and oxygen atoms in total. The van der Waals surface area contributed by atoms with Gasteiger partial charge in [0.2, 0.25) is 0 Å². The summed E-state index contributed by atoms with van der Waals surface area (Å²) in [6.07, 6.45) is 1.21. The zero-order valence-electron chi connectivity index (χ0n) is 10.8. The smallest absolute Gasteiger partial charge is 0.141 e. The highest BCUT2D eigenvalue weighted by atomic mass is 32.1. The van der Waals surface area contributed by atoms with Crippen LogP contribution >= 0.6 is 11.3 Å². The maximum absolute atomic E-state index is 12.9. The summed E-state index contributed by atoms with van der Waals surface area (Å²) in [4.78, 5) is 9.73. The molecule has 0 saturated heterocycles. The molecule has 0 fully saturated rings. The Morgan fingerprint density at radius 2 is 1.85 bits per heavy atom. The van der Waals surface area contributed by atoms with Crippen molar-refractivity contribution in [3.63, 3.8) is 0 Å². The molecule has 0 atom stereocenters. The van der Waals surface area contributed by atoms with E-state index in [0.717, 1.165) is 26.8 Å². The molecule has 0 unspecified atom stereocenters. The van der Waals surface area contributed by atoms with Crippen LogP contribution in [-0.4, -0.2) is 9.97 Å². The van der Waals surface area contributed by atoms with E-state index in [1.165, 1.54) is 12.3 Å². The second-order valence-corrected chi connectivity index (χ2v) is 5.61. The molecule has 100 valence electrons. The molecule has 1 aromatic carbocycles. The first-order valence-electron chi connectivity index (χ1n) is 6.09. The highest BCUT2D eigenvalue weighted by Crippen LogP contribution is 2.32. The number of hydrogen-bond donors (Lipinski definition) is 1. The first-order valence-corrected chi connectivity index (χ1v) is 6.90. The summed E-state index contributed by atoms with van der Waals surface area (Å²) in [5.41, 5.74) is 8.90. The van der Waals surface area contributed by atoms with Crippen LogP contribution in [0.1, 0.15) is 4.88 Å². The van der Waals surface area contributed by atoms with Crippen molar-refractivity contribution in [3.8, 4) is 22.0 Å². The Morgan fingerprint density at radius 3 is 2.50 bits per heavy atom. The van der Waals surface area contributed by atoms with Gasteiger partial charge in [-0.05, 0) is 43.3 Å². The topological polar surface area (TPSA) is 51.8 Å². The third-order valence-electron chi connectivity index (χ3n) is 2.92. The minimum atomic E-state index is -0.347. The van der Waals surface area contributed by atoms with Crippen molar-refractivity contribution in [2.75, 3.05) is 5.73 Å². The SMILES string of the molecule is Cc1sc(-c2ccc(N)cc2)nc1-c1ccc(F)cn1. The Kier molecular flexibility index (Phi) is 3.20. The van der Waals surface area contributed by atoms with Crippen LogP contribution in [0.3, 0.4) is 0 Å². The van der Waals surface area contributed by atoms with E-state index in [-0.39, 0.29) is 5.82 Å². The molecule has 3 aromatic rings. The Hall–Kier alpha value is -2.27. The highest BCUT2D eigenvalue weighted by Gasteiger charge is 2.12. The van der Waals surface area contributed by atoms with E-state index >= 15 is 0 Å². The molecule has 20 heavy (non-hydrogen) atoms. The van der Waals surface area contributed by atoms with Gasteiger partial charge in [0.1, 0.15) is 16.5 Å². The lowest BCUT2D eigenvalue weighted by Gasteiger charge is -1.98. The first-order chi connectivity index (χ1) is 9.63. The number of nitrogen functional groups attached to an aromatic ring is 1. The Bertz CT molecular complexity index is 733. The number of rotatable bonds is 2. The van der Waals surface area contributed by atoms with Gasteiger partial charge in [-0.1, -0.05) is 0 Å². The number of aryl methyl sites for hydroxylation is 1. The van der Waals surface area contributed by atoms with Crippen molar-refractivity contribution in [1.82, 2.24) is 9.97 Å². The van der Waals surface area contributed by atoms with Crippen LogP contribution in [0.25, 0.3) is 22.0 Å². The minimum Gasteiger partial charge on any atom is -0.399 e. The number of nitrogens with zero attached hydrogens (tertiary/aromatic N) is 2. The lowest BCUT2D eigenvalue weighted by atomic mass is 10.2. The van der Waals surface area contributed by atoms with E-state index in [4.69, 9.17) is 5.73 Å². The second kappa shape index (κ2) is 5.02. The Labute approximate surface area is 119 Å². The van der Waals surface area contributed by atoms with Gasteiger partial charge in [-0.2, -0.15) is 0 Å². The van der Waals surface area contributed by atoms with Crippen LogP contribution in [0.5, 0.6) is 0 Å². The quantitative estimate of drug-likeness (QED) is 0.726. The van der Waals surface area contributed by atoms with Gasteiger partial charge in [-0.15, -0.1) is 11.3 Å². The van der Waals surface area contributed by atoms with Crippen LogP contribution in [-0.2, 0) is 0 Å². The molecule has 2 heterocycles. The van der Waals surface area contributed by atoms with E-state index in [2.05, 4.69) is 9.97 Å². The van der Waals surface area contributed by atoms with Crippen LogP contribution in [0.4, 0.5) is 10.1 Å². The molecule has 0 aliphatic carbocycles. The molecule has 0 spiro atoms. The lowest BCUT2D eigenvalue weighted by Crippen LogP contribution is -1.87. The average Bonchev–Trinajstić information content (AvgIpc) is 2.82. The standard InChI is InChI=1S/C15H12FN3S/c1-9-14(13-7-4-11(16)8-18-13)19-15(20-9)10-2-5-12(17)6-3-10/h2-8H,17H2,1H3. The van der Waals surface area contributed by atoms with Gasteiger partial charge in [0, 0.05) is 16.1 Å². The molecule has 5 heteroatoms. The second-order valence-electron chi connectivity index (χ2n) is 4.41.